The third-order valence-electron chi connectivity index (χ3n) is 13.9. The molecule has 0 saturated carbocycles. The van der Waals surface area contributed by atoms with Crippen molar-refractivity contribution in [2.75, 3.05) is 47.5 Å². The summed E-state index contributed by atoms with van der Waals surface area (Å²) in [5.41, 5.74) is 0. The Morgan fingerprint density at radius 3 is 0.909 bits per heavy atom. The van der Waals surface area contributed by atoms with Crippen molar-refractivity contribution in [1.29, 1.82) is 0 Å². The molecule has 0 aromatic heterocycles. The second-order valence-corrected chi connectivity index (χ2v) is 24.9. The Morgan fingerprint density at radius 1 is 0.352 bits per heavy atom. The molecule has 0 aliphatic heterocycles. The molecule has 9 nitrogen and oxygen atoms in total. The van der Waals surface area contributed by atoms with Gasteiger partial charge < -0.3 is 18.9 Å². The summed E-state index contributed by atoms with van der Waals surface area (Å²) < 4.78 is 34.7. The first kappa shape index (κ1) is 83.1. The van der Waals surface area contributed by atoms with Gasteiger partial charge in [0.1, 0.15) is 19.8 Å². The number of esters is 2. The topological polar surface area (TPSA) is 108 Å². The Morgan fingerprint density at radius 2 is 0.614 bits per heavy atom. The van der Waals surface area contributed by atoms with Crippen molar-refractivity contribution in [3.05, 3.63) is 182 Å². The van der Waals surface area contributed by atoms with Crippen molar-refractivity contribution in [3.8, 4) is 0 Å². The summed E-state index contributed by atoms with van der Waals surface area (Å²) in [5, 5.41) is 0. The maximum absolute atomic E-state index is 12.9. The Hall–Kier alpha value is -4.89. The van der Waals surface area contributed by atoms with Gasteiger partial charge in [-0.1, -0.05) is 280 Å². The molecule has 10 heteroatoms. The Balaban J connectivity index is 4.15. The highest BCUT2D eigenvalue weighted by molar-refractivity contribution is 7.47. The molecule has 0 radical (unpaired) electrons. The maximum atomic E-state index is 12.9. The normalized spacial score (nSPS) is 14.3. The van der Waals surface area contributed by atoms with Gasteiger partial charge in [0.15, 0.2) is 6.10 Å². The van der Waals surface area contributed by atoms with Gasteiger partial charge in [-0.05, 0) is 135 Å². The van der Waals surface area contributed by atoms with Crippen LogP contribution in [-0.4, -0.2) is 74.9 Å². The SMILES string of the molecule is CC/C=C\C/C=C\C/C=C\C/C=C\C/C=C\C/C=C\C/C=C\C/C=C\C/C=C\CCCCCCCCCCCCCC(=O)OC(COC(=O)CCCCCCCC/C=C\C/C=C\C/C=C\C/C=C\C/C=C\C/C=C\CC)COP(=O)(O)OCC[N+](C)(C)C. The molecule has 88 heavy (non-hydrogen) atoms. The number of likely N-dealkylation sites (N-methyl/N-ethyl adjacent to an activating group) is 1. The summed E-state index contributed by atoms with van der Waals surface area (Å²) in [5.74, 6) is -0.829. The number of hydrogen-bond donors (Lipinski definition) is 1. The van der Waals surface area contributed by atoms with E-state index in [9.17, 15) is 19.0 Å². The first-order chi connectivity index (χ1) is 43.0. The second kappa shape index (κ2) is 66.5. The molecular weight excluding hydrogens is 1110 g/mol. The van der Waals surface area contributed by atoms with Crippen LogP contribution in [0.5, 0.6) is 0 Å². The van der Waals surface area contributed by atoms with Gasteiger partial charge in [-0.3, -0.25) is 18.6 Å². The summed E-state index contributed by atoms with van der Waals surface area (Å²) in [7, 11) is 1.44. The van der Waals surface area contributed by atoms with Crippen molar-refractivity contribution < 1.29 is 42.1 Å². The number of unbranched alkanes of at least 4 members (excludes halogenated alkanes) is 17. The molecule has 0 saturated heterocycles. The van der Waals surface area contributed by atoms with Crippen molar-refractivity contribution >= 4 is 19.8 Å². The molecular formula is C78H127NO8P+. The van der Waals surface area contributed by atoms with Crippen LogP contribution in [0.1, 0.15) is 245 Å². The number of phosphoric acid groups is 1. The Labute approximate surface area is 540 Å². The first-order valence-electron chi connectivity index (χ1n) is 34.5. The van der Waals surface area contributed by atoms with E-state index < -0.39 is 26.5 Å². The molecule has 0 rings (SSSR count). The predicted octanol–water partition coefficient (Wildman–Crippen LogP) is 22.7. The van der Waals surface area contributed by atoms with Crippen LogP contribution in [0.4, 0.5) is 0 Å². The molecule has 0 bridgehead atoms. The Kier molecular flexibility index (Phi) is 62.8. The Bertz CT molecular complexity index is 2140. The van der Waals surface area contributed by atoms with Crippen molar-refractivity contribution in [1.82, 2.24) is 0 Å². The average Bonchev–Trinajstić information content (AvgIpc) is 3.68. The number of phosphoric ester groups is 1. The number of ether oxygens (including phenoxy) is 2. The average molecular weight is 1240 g/mol. The summed E-state index contributed by atoms with van der Waals surface area (Å²) in [6, 6.07) is 0. The fraction of sp³-hybridized carbons (Fsp3) is 0.590. The minimum Gasteiger partial charge on any atom is -0.462 e. The molecule has 1 N–H and O–H groups in total. The zero-order chi connectivity index (χ0) is 64.1. The van der Waals surface area contributed by atoms with Gasteiger partial charge in [0.2, 0.25) is 0 Å². The molecule has 0 spiro atoms. The number of carbonyl (C=O) groups is 2. The third-order valence-corrected chi connectivity index (χ3v) is 14.9. The number of rotatable bonds is 61. The number of carbonyl (C=O) groups excluding carboxylic acids is 2. The lowest BCUT2D eigenvalue weighted by Gasteiger charge is -2.24. The minimum atomic E-state index is -4.41. The van der Waals surface area contributed by atoms with Crippen LogP contribution in [0.2, 0.25) is 0 Å². The predicted molar refractivity (Wildman–Crippen MR) is 380 cm³/mol. The summed E-state index contributed by atoms with van der Waals surface area (Å²) in [4.78, 5) is 35.9. The molecule has 0 aliphatic rings. The van der Waals surface area contributed by atoms with Crippen LogP contribution in [0.15, 0.2) is 182 Å². The lowest BCUT2D eigenvalue weighted by atomic mass is 10.0. The van der Waals surface area contributed by atoms with Gasteiger partial charge in [-0.15, -0.1) is 0 Å². The van der Waals surface area contributed by atoms with Crippen LogP contribution in [0, 0.1) is 0 Å². The van der Waals surface area contributed by atoms with Crippen LogP contribution in [-0.2, 0) is 32.7 Å². The van der Waals surface area contributed by atoms with Gasteiger partial charge in [0.05, 0.1) is 27.7 Å². The van der Waals surface area contributed by atoms with Crippen LogP contribution < -0.4 is 0 Å². The molecule has 2 unspecified atom stereocenters. The highest BCUT2D eigenvalue weighted by atomic mass is 31.2. The third kappa shape index (κ3) is 70.2. The highest BCUT2D eigenvalue weighted by Crippen LogP contribution is 2.43. The second-order valence-electron chi connectivity index (χ2n) is 23.4. The van der Waals surface area contributed by atoms with E-state index in [1.807, 2.05) is 21.1 Å². The molecule has 0 heterocycles. The van der Waals surface area contributed by atoms with E-state index in [1.54, 1.807) is 0 Å². The quantitative estimate of drug-likeness (QED) is 0.0211. The maximum Gasteiger partial charge on any atom is 0.472 e. The van der Waals surface area contributed by atoms with Gasteiger partial charge in [0, 0.05) is 12.8 Å². The molecule has 2 atom stereocenters. The summed E-state index contributed by atoms with van der Waals surface area (Å²) in [6.07, 6.45) is 103. The smallest absolute Gasteiger partial charge is 0.462 e. The number of hydrogen-bond acceptors (Lipinski definition) is 7. The number of quaternary nitrogens is 1. The summed E-state index contributed by atoms with van der Waals surface area (Å²) in [6.45, 7) is 4.17. The molecule has 0 aliphatic carbocycles. The standard InChI is InChI=1S/C78H126NO8P/c1-6-8-10-12-14-16-18-20-22-24-26-28-30-32-33-34-35-36-37-38-39-40-41-42-43-44-45-47-49-51-53-55-57-59-61-63-65-67-69-71-78(81)87-76(75-86-88(82,83)85-73-72-79(3,4)5)74-84-77(80)70-68-66-64-62-60-58-56-54-52-50-48-46-31-29-27-25-23-21-19-17-15-13-11-9-7-2/h8-11,14-17,20-23,26-29,32-33,35-36,38-39,41-42,44-46,48,52,54,76H,6-7,12-13,18-19,24-25,30-31,34,37,40,43,47,49-51,53,55-75H2,1-5H3/p+1/b10-8-,11-9-,16-14-,17-15-,22-20-,23-21-,28-26-,29-27-,33-32-,36-35-,39-38-,42-41-,45-44-,48-46-,54-52-. The van der Waals surface area contributed by atoms with E-state index in [1.165, 1.54) is 44.9 Å². The molecule has 0 aromatic carbocycles. The minimum absolute atomic E-state index is 0.0189. The molecule has 0 aromatic rings. The lowest BCUT2D eigenvalue weighted by Crippen LogP contribution is -2.37. The van der Waals surface area contributed by atoms with E-state index >= 15 is 0 Å². The summed E-state index contributed by atoms with van der Waals surface area (Å²) >= 11 is 0. The fourth-order valence-corrected chi connectivity index (χ4v) is 9.46. The van der Waals surface area contributed by atoms with Crippen LogP contribution in [0.25, 0.3) is 0 Å². The van der Waals surface area contributed by atoms with Gasteiger partial charge in [-0.25, -0.2) is 4.57 Å². The van der Waals surface area contributed by atoms with E-state index in [0.29, 0.717) is 23.9 Å². The van der Waals surface area contributed by atoms with Gasteiger partial charge in [0.25, 0.3) is 0 Å². The molecule has 0 fully saturated rings. The van der Waals surface area contributed by atoms with Gasteiger partial charge >= 0.3 is 19.8 Å². The van der Waals surface area contributed by atoms with E-state index in [4.69, 9.17) is 18.5 Å². The zero-order valence-electron chi connectivity index (χ0n) is 56.4. The lowest BCUT2D eigenvalue weighted by molar-refractivity contribution is -0.870. The number of allylic oxidation sites excluding steroid dienone is 30. The molecule has 496 valence electrons. The highest BCUT2D eigenvalue weighted by Gasteiger charge is 2.27. The fourth-order valence-electron chi connectivity index (χ4n) is 8.72. The first-order valence-corrected chi connectivity index (χ1v) is 36.0. The van der Waals surface area contributed by atoms with E-state index in [2.05, 4.69) is 196 Å². The van der Waals surface area contributed by atoms with E-state index in [0.717, 1.165) is 161 Å². The van der Waals surface area contributed by atoms with Crippen LogP contribution in [0.3, 0.4) is 0 Å². The van der Waals surface area contributed by atoms with E-state index in [-0.39, 0.29) is 32.0 Å². The zero-order valence-corrected chi connectivity index (χ0v) is 57.3. The number of nitrogens with zero attached hydrogens (tertiary/aromatic N) is 1. The van der Waals surface area contributed by atoms with Crippen molar-refractivity contribution in [3.63, 3.8) is 0 Å². The molecule has 0 amide bonds. The van der Waals surface area contributed by atoms with Crippen LogP contribution >= 0.6 is 7.82 Å². The monoisotopic (exact) mass is 1240 g/mol. The van der Waals surface area contributed by atoms with Gasteiger partial charge in [-0.2, -0.15) is 0 Å². The largest absolute Gasteiger partial charge is 0.472 e. The van der Waals surface area contributed by atoms with Crippen molar-refractivity contribution in [2.45, 2.75) is 251 Å². The van der Waals surface area contributed by atoms with Crippen molar-refractivity contribution in [2.24, 2.45) is 0 Å².